The fraction of sp³-hybridized carbons (Fsp3) is 0.300. The van der Waals surface area contributed by atoms with Gasteiger partial charge in [0.25, 0.3) is 5.69 Å². The van der Waals surface area contributed by atoms with Crippen LogP contribution in [-0.2, 0) is 4.79 Å². The number of hydrogen-bond donors (Lipinski definition) is 0. The molecule has 17 heavy (non-hydrogen) atoms. The van der Waals surface area contributed by atoms with Gasteiger partial charge in [0.2, 0.25) is 0 Å². The summed E-state index contributed by atoms with van der Waals surface area (Å²) in [4.78, 5) is 20.6. The van der Waals surface area contributed by atoms with Crippen molar-refractivity contribution in [2.45, 2.75) is 19.5 Å². The number of ether oxygens (including phenoxy) is 1. The molecule has 0 aliphatic heterocycles. The van der Waals surface area contributed by atoms with Crippen LogP contribution in [0.2, 0.25) is 0 Å². The summed E-state index contributed by atoms with van der Waals surface area (Å²) in [5.74, 6) is -0.981. The molecule has 0 N–H and O–H groups in total. The zero-order chi connectivity index (χ0) is 13.0. The molecule has 1 aromatic carbocycles. The molecule has 92 valence electrons. The van der Waals surface area contributed by atoms with Gasteiger partial charge in [0.15, 0.2) is 0 Å². The van der Waals surface area contributed by atoms with Crippen LogP contribution in [0.1, 0.15) is 18.4 Å². The van der Waals surface area contributed by atoms with Crippen molar-refractivity contribution in [1.82, 2.24) is 0 Å². The lowest BCUT2D eigenvalue weighted by Crippen LogP contribution is -2.05. The predicted octanol–water partition coefficient (Wildman–Crippen LogP) is 2.50. The molecule has 0 radical (unpaired) electrons. The minimum Gasteiger partial charge on any atom is -0.435 e. The molecule has 0 bridgehead atoms. The van der Waals surface area contributed by atoms with Crippen LogP contribution >= 0.6 is 0 Å². The Morgan fingerprint density at radius 3 is 2.59 bits per heavy atom. The van der Waals surface area contributed by atoms with E-state index in [0.717, 1.165) is 18.2 Å². The fourth-order valence-electron chi connectivity index (χ4n) is 1.31. The molecule has 1 aromatic rings. The molecule has 1 rings (SSSR count). The molecule has 0 saturated carbocycles. The lowest BCUT2D eigenvalue weighted by molar-refractivity contribution is -0.385. The van der Waals surface area contributed by atoms with Gasteiger partial charge in [-0.25, -0.2) is 0 Å². The van der Waals surface area contributed by atoms with E-state index in [4.69, 9.17) is 0 Å². The van der Waals surface area contributed by atoms with Crippen molar-refractivity contribution in [3.8, 4) is 5.75 Å². The zero-order valence-electron chi connectivity index (χ0n) is 8.80. The highest BCUT2D eigenvalue weighted by Gasteiger charge is 2.20. The Hall–Kier alpha value is -2.05. The van der Waals surface area contributed by atoms with E-state index in [-0.39, 0.29) is 17.0 Å². The molecule has 0 aromatic heterocycles. The summed E-state index contributed by atoms with van der Waals surface area (Å²) in [7, 11) is 0. The van der Waals surface area contributed by atoms with Crippen molar-refractivity contribution >= 4 is 12.0 Å². The van der Waals surface area contributed by atoms with E-state index < -0.39 is 17.5 Å². The number of nitro benzene ring substituents is 1. The topological polar surface area (TPSA) is 69.4 Å². The van der Waals surface area contributed by atoms with E-state index in [9.17, 15) is 23.7 Å². The van der Waals surface area contributed by atoms with Gasteiger partial charge in [-0.15, -0.1) is 0 Å². The lowest BCUT2D eigenvalue weighted by atomic mass is 10.0. The number of carbonyl (C=O) groups excluding carboxylic acids is 1. The maximum Gasteiger partial charge on any atom is 0.387 e. The van der Waals surface area contributed by atoms with Gasteiger partial charge in [0, 0.05) is 17.5 Å². The highest BCUT2D eigenvalue weighted by atomic mass is 19.3. The van der Waals surface area contributed by atoms with Crippen LogP contribution in [0.5, 0.6) is 5.75 Å². The summed E-state index contributed by atoms with van der Waals surface area (Å²) in [5, 5.41) is 10.7. The molecule has 0 fully saturated rings. The maximum absolute atomic E-state index is 12.0. The summed E-state index contributed by atoms with van der Waals surface area (Å²) in [6.07, 6.45) is 0.495. The second-order valence-corrected chi connectivity index (χ2v) is 3.28. The number of benzene rings is 1. The Morgan fingerprint density at radius 2 is 2.12 bits per heavy atom. The minimum atomic E-state index is -3.02. The number of nitro groups is 1. The first-order valence-corrected chi connectivity index (χ1v) is 4.64. The third-order valence-electron chi connectivity index (χ3n) is 2.12. The Bertz CT molecular complexity index is 436. The number of alkyl halides is 2. The molecular formula is C10H9F2NO4. The summed E-state index contributed by atoms with van der Waals surface area (Å²) in [5.41, 5.74) is -0.255. The second kappa shape index (κ2) is 5.33. The van der Waals surface area contributed by atoms with Crippen LogP contribution in [0.3, 0.4) is 0 Å². The van der Waals surface area contributed by atoms with Crippen molar-refractivity contribution in [2.75, 3.05) is 0 Å². The highest BCUT2D eigenvalue weighted by molar-refractivity contribution is 5.66. The molecule has 5 nitrogen and oxygen atoms in total. The van der Waals surface area contributed by atoms with E-state index in [0.29, 0.717) is 6.29 Å². The summed E-state index contributed by atoms with van der Waals surface area (Å²) in [6.45, 7) is -1.59. The van der Waals surface area contributed by atoms with Crippen molar-refractivity contribution in [1.29, 1.82) is 0 Å². The Morgan fingerprint density at radius 1 is 1.47 bits per heavy atom. The van der Waals surface area contributed by atoms with Crippen molar-refractivity contribution in [3.63, 3.8) is 0 Å². The van der Waals surface area contributed by atoms with Gasteiger partial charge in [0.05, 0.1) is 4.92 Å². The van der Waals surface area contributed by atoms with E-state index >= 15 is 0 Å². The molecular weight excluding hydrogens is 236 g/mol. The maximum atomic E-state index is 12.0. The van der Waals surface area contributed by atoms with Gasteiger partial charge >= 0.3 is 6.61 Å². The first-order chi connectivity index (χ1) is 7.95. The van der Waals surface area contributed by atoms with Crippen molar-refractivity contribution in [2.24, 2.45) is 0 Å². The SMILES string of the molecule is CC(C=O)c1cc(OC(F)F)ccc1[N+](=O)[O-]. The van der Waals surface area contributed by atoms with Crippen LogP contribution in [0.4, 0.5) is 14.5 Å². The third kappa shape index (κ3) is 3.20. The third-order valence-corrected chi connectivity index (χ3v) is 2.12. The summed E-state index contributed by atoms with van der Waals surface area (Å²) in [6, 6.07) is 3.17. The Labute approximate surface area is 95.2 Å². The predicted molar refractivity (Wildman–Crippen MR) is 54.2 cm³/mol. The van der Waals surface area contributed by atoms with Crippen molar-refractivity contribution in [3.05, 3.63) is 33.9 Å². The van der Waals surface area contributed by atoms with E-state index in [1.165, 1.54) is 6.92 Å². The Kier molecular flexibility index (Phi) is 4.08. The number of aldehydes is 1. The van der Waals surface area contributed by atoms with Crippen LogP contribution in [0.15, 0.2) is 18.2 Å². The molecule has 1 unspecified atom stereocenters. The average Bonchev–Trinajstić information content (AvgIpc) is 2.26. The number of carbonyl (C=O) groups is 1. The Balaban J connectivity index is 3.18. The van der Waals surface area contributed by atoms with Gasteiger partial charge in [-0.3, -0.25) is 10.1 Å². The van der Waals surface area contributed by atoms with E-state index in [1.807, 2.05) is 0 Å². The molecule has 7 heteroatoms. The van der Waals surface area contributed by atoms with E-state index in [2.05, 4.69) is 4.74 Å². The van der Waals surface area contributed by atoms with Gasteiger partial charge in [-0.05, 0) is 12.1 Å². The zero-order valence-corrected chi connectivity index (χ0v) is 8.80. The number of hydrogen-bond acceptors (Lipinski definition) is 4. The monoisotopic (exact) mass is 245 g/mol. The van der Waals surface area contributed by atoms with E-state index in [1.54, 1.807) is 0 Å². The quantitative estimate of drug-likeness (QED) is 0.454. The number of rotatable bonds is 5. The van der Waals surface area contributed by atoms with Crippen LogP contribution in [0.25, 0.3) is 0 Å². The molecule has 1 atom stereocenters. The molecule has 0 amide bonds. The van der Waals surface area contributed by atoms with Crippen LogP contribution in [-0.4, -0.2) is 17.8 Å². The van der Waals surface area contributed by atoms with Gasteiger partial charge in [-0.2, -0.15) is 8.78 Å². The van der Waals surface area contributed by atoms with Gasteiger partial charge in [-0.1, -0.05) is 6.92 Å². The van der Waals surface area contributed by atoms with Crippen LogP contribution < -0.4 is 4.74 Å². The number of halogens is 2. The standard InChI is InChI=1S/C10H9F2NO4/c1-6(5-14)8-4-7(17-10(11)12)2-3-9(8)13(15)16/h2-6,10H,1H3. The first-order valence-electron chi connectivity index (χ1n) is 4.64. The van der Waals surface area contributed by atoms with Gasteiger partial charge in [0.1, 0.15) is 12.0 Å². The lowest BCUT2D eigenvalue weighted by Gasteiger charge is -2.09. The summed E-state index contributed by atoms with van der Waals surface area (Å²) >= 11 is 0. The van der Waals surface area contributed by atoms with Crippen molar-refractivity contribution < 1.29 is 23.2 Å². The van der Waals surface area contributed by atoms with Crippen LogP contribution in [0, 0.1) is 10.1 Å². The molecule has 0 spiro atoms. The second-order valence-electron chi connectivity index (χ2n) is 3.28. The molecule has 0 aliphatic rings. The fourth-order valence-corrected chi connectivity index (χ4v) is 1.31. The molecule has 0 saturated heterocycles. The smallest absolute Gasteiger partial charge is 0.387 e. The highest BCUT2D eigenvalue weighted by Crippen LogP contribution is 2.30. The first kappa shape index (κ1) is 13.0. The largest absolute Gasteiger partial charge is 0.435 e. The average molecular weight is 245 g/mol. The minimum absolute atomic E-state index is 0.0446. The summed E-state index contributed by atoms with van der Waals surface area (Å²) < 4.78 is 28.0. The normalized spacial score (nSPS) is 12.2. The van der Waals surface area contributed by atoms with Gasteiger partial charge < -0.3 is 9.53 Å². The number of nitrogens with zero attached hydrogens (tertiary/aromatic N) is 1. The molecule has 0 aliphatic carbocycles. The molecule has 0 heterocycles.